The Labute approximate surface area is 166 Å². The molecule has 0 aliphatic rings. The van der Waals surface area contributed by atoms with Gasteiger partial charge in [0, 0.05) is 18.3 Å². The van der Waals surface area contributed by atoms with E-state index in [4.69, 9.17) is 0 Å². The van der Waals surface area contributed by atoms with Crippen molar-refractivity contribution < 1.29 is 17.9 Å². The van der Waals surface area contributed by atoms with Crippen molar-refractivity contribution in [2.45, 2.75) is 32.7 Å². The molecule has 3 aromatic rings. The van der Waals surface area contributed by atoms with E-state index in [1.165, 1.54) is 18.2 Å². The summed E-state index contributed by atoms with van der Waals surface area (Å²) in [6, 6.07) is 12.9. The summed E-state index contributed by atoms with van der Waals surface area (Å²) < 4.78 is 42.2. The number of pyridine rings is 1. The van der Waals surface area contributed by atoms with Crippen LogP contribution in [0.3, 0.4) is 0 Å². The Morgan fingerprint density at radius 3 is 2.48 bits per heavy atom. The first-order chi connectivity index (χ1) is 13.8. The second-order valence-corrected chi connectivity index (χ2v) is 6.30. The molecule has 0 saturated heterocycles. The van der Waals surface area contributed by atoms with E-state index in [9.17, 15) is 13.2 Å². The Bertz CT molecular complexity index is 950. The molecule has 2 heterocycles. The van der Waals surface area contributed by atoms with Crippen LogP contribution in [0.5, 0.6) is 5.75 Å². The summed E-state index contributed by atoms with van der Waals surface area (Å²) in [6.07, 6.45) is -2.31. The highest BCUT2D eigenvalue weighted by Gasteiger charge is 2.32. The lowest BCUT2D eigenvalue weighted by Gasteiger charge is -2.16. The van der Waals surface area contributed by atoms with Gasteiger partial charge in [0.15, 0.2) is 5.75 Å². The largest absolute Gasteiger partial charge is 0.573 e. The van der Waals surface area contributed by atoms with Crippen LogP contribution < -0.4 is 15.4 Å². The number of para-hydroxylation sites is 2. The fourth-order valence-electron chi connectivity index (χ4n) is 2.47. The molecule has 6 nitrogen and oxygen atoms in total. The number of hydrogen-bond acceptors (Lipinski definition) is 6. The number of benzene rings is 1. The molecule has 0 amide bonds. The zero-order chi connectivity index (χ0) is 20.9. The number of hydrogen-bond donors (Lipinski definition) is 2. The monoisotopic (exact) mass is 403 g/mol. The van der Waals surface area contributed by atoms with Crippen molar-refractivity contribution in [1.82, 2.24) is 15.0 Å². The van der Waals surface area contributed by atoms with Crippen molar-refractivity contribution >= 4 is 17.5 Å². The Balaban J connectivity index is 1.98. The summed E-state index contributed by atoms with van der Waals surface area (Å²) in [5.74, 6) is 0.304. The minimum atomic E-state index is -4.80. The summed E-state index contributed by atoms with van der Waals surface area (Å²) in [7, 11) is 0. The molecular weight excluding hydrogens is 383 g/mol. The summed E-state index contributed by atoms with van der Waals surface area (Å²) in [5.41, 5.74) is 1.28. The molecule has 2 aromatic heterocycles. The lowest BCUT2D eigenvalue weighted by molar-refractivity contribution is -0.274. The van der Waals surface area contributed by atoms with Gasteiger partial charge in [-0.1, -0.05) is 25.1 Å². The number of halogens is 3. The third-order valence-corrected chi connectivity index (χ3v) is 4.02. The molecule has 0 spiro atoms. The highest BCUT2D eigenvalue weighted by Crippen LogP contribution is 2.32. The topological polar surface area (TPSA) is 72.0 Å². The lowest BCUT2D eigenvalue weighted by Crippen LogP contribution is -2.18. The van der Waals surface area contributed by atoms with Crippen LogP contribution in [-0.2, 0) is 0 Å². The van der Waals surface area contributed by atoms with E-state index in [-0.39, 0.29) is 17.5 Å². The molecule has 2 N–H and O–H groups in total. The minimum Gasteiger partial charge on any atom is -0.404 e. The minimum absolute atomic E-state index is 0.114. The zero-order valence-corrected chi connectivity index (χ0v) is 15.9. The molecule has 0 saturated carbocycles. The standard InChI is InChI=1S/C20H20F3N5O/c1-3-13(2)25-19-27-16(14-8-6-7-11-24-14)12-18(28-19)26-15-9-4-5-10-17(15)29-20(21,22)23/h4-13H,3H2,1-2H3,(H2,25,26,27,28)/t13-/m0/s1. The van der Waals surface area contributed by atoms with Crippen molar-refractivity contribution in [3.63, 3.8) is 0 Å². The third kappa shape index (κ3) is 5.81. The second kappa shape index (κ2) is 8.76. The highest BCUT2D eigenvalue weighted by molar-refractivity contribution is 5.68. The van der Waals surface area contributed by atoms with Gasteiger partial charge in [0.05, 0.1) is 17.1 Å². The molecule has 152 valence electrons. The van der Waals surface area contributed by atoms with Crippen LogP contribution in [-0.4, -0.2) is 27.4 Å². The predicted molar refractivity (Wildman–Crippen MR) is 105 cm³/mol. The van der Waals surface area contributed by atoms with Crippen LogP contribution in [0.2, 0.25) is 0 Å². The summed E-state index contributed by atoms with van der Waals surface area (Å²) in [4.78, 5) is 13.1. The average Bonchev–Trinajstić information content (AvgIpc) is 2.69. The van der Waals surface area contributed by atoms with Crippen LogP contribution in [0.15, 0.2) is 54.7 Å². The maximum Gasteiger partial charge on any atom is 0.573 e. The smallest absolute Gasteiger partial charge is 0.404 e. The molecule has 3 rings (SSSR count). The summed E-state index contributed by atoms with van der Waals surface area (Å²) >= 11 is 0. The molecular formula is C20H20F3N5O. The van der Waals surface area contributed by atoms with Gasteiger partial charge in [-0.15, -0.1) is 13.2 Å². The molecule has 0 aliphatic carbocycles. The van der Waals surface area contributed by atoms with Gasteiger partial charge in [-0.3, -0.25) is 4.98 Å². The third-order valence-electron chi connectivity index (χ3n) is 4.02. The van der Waals surface area contributed by atoms with Gasteiger partial charge >= 0.3 is 6.36 Å². The number of ether oxygens (including phenoxy) is 1. The van der Waals surface area contributed by atoms with Crippen molar-refractivity contribution in [2.75, 3.05) is 10.6 Å². The predicted octanol–water partition coefficient (Wildman–Crippen LogP) is 5.39. The van der Waals surface area contributed by atoms with Gasteiger partial charge in [-0.05, 0) is 37.6 Å². The van der Waals surface area contributed by atoms with Gasteiger partial charge in [-0.2, -0.15) is 4.98 Å². The lowest BCUT2D eigenvalue weighted by atomic mass is 10.2. The van der Waals surface area contributed by atoms with E-state index in [0.717, 1.165) is 6.42 Å². The van der Waals surface area contributed by atoms with E-state index in [0.29, 0.717) is 23.2 Å². The Kier molecular flexibility index (Phi) is 6.16. The molecule has 0 bridgehead atoms. The quantitative estimate of drug-likeness (QED) is 0.551. The molecule has 0 radical (unpaired) electrons. The van der Waals surface area contributed by atoms with Crippen LogP contribution >= 0.6 is 0 Å². The molecule has 0 fully saturated rings. The first-order valence-electron chi connectivity index (χ1n) is 9.03. The Hall–Kier alpha value is -3.36. The summed E-state index contributed by atoms with van der Waals surface area (Å²) in [5, 5.41) is 6.07. The number of alkyl halides is 3. The second-order valence-electron chi connectivity index (χ2n) is 6.30. The Morgan fingerprint density at radius 1 is 1.03 bits per heavy atom. The fraction of sp³-hybridized carbons (Fsp3) is 0.250. The van der Waals surface area contributed by atoms with Crippen LogP contribution in [0.1, 0.15) is 20.3 Å². The SMILES string of the molecule is CC[C@H](C)Nc1nc(Nc2ccccc2OC(F)(F)F)cc(-c2ccccn2)n1. The highest BCUT2D eigenvalue weighted by atomic mass is 19.4. The molecule has 0 aliphatic heterocycles. The molecule has 29 heavy (non-hydrogen) atoms. The van der Waals surface area contributed by atoms with E-state index in [1.54, 1.807) is 30.5 Å². The number of nitrogens with zero attached hydrogens (tertiary/aromatic N) is 3. The van der Waals surface area contributed by atoms with Gasteiger partial charge in [0.1, 0.15) is 5.82 Å². The van der Waals surface area contributed by atoms with Crippen LogP contribution in [0, 0.1) is 0 Å². The van der Waals surface area contributed by atoms with Gasteiger partial charge in [0.2, 0.25) is 5.95 Å². The van der Waals surface area contributed by atoms with Gasteiger partial charge in [0.25, 0.3) is 0 Å². The zero-order valence-electron chi connectivity index (χ0n) is 15.9. The normalized spacial score (nSPS) is 12.3. The van der Waals surface area contributed by atoms with Crippen molar-refractivity contribution in [2.24, 2.45) is 0 Å². The van der Waals surface area contributed by atoms with E-state index < -0.39 is 6.36 Å². The van der Waals surface area contributed by atoms with E-state index >= 15 is 0 Å². The number of nitrogens with one attached hydrogen (secondary N) is 2. The van der Waals surface area contributed by atoms with Gasteiger partial charge in [-0.25, -0.2) is 4.98 Å². The Morgan fingerprint density at radius 2 is 1.79 bits per heavy atom. The molecule has 1 atom stereocenters. The van der Waals surface area contributed by atoms with Crippen molar-refractivity contribution in [3.8, 4) is 17.1 Å². The fourth-order valence-corrected chi connectivity index (χ4v) is 2.47. The number of aromatic nitrogens is 3. The maximum atomic E-state index is 12.7. The van der Waals surface area contributed by atoms with Crippen LogP contribution in [0.25, 0.3) is 11.4 Å². The molecule has 9 heteroatoms. The summed E-state index contributed by atoms with van der Waals surface area (Å²) in [6.45, 7) is 4.00. The number of anilines is 3. The molecule has 0 unspecified atom stereocenters. The number of rotatable bonds is 7. The maximum absolute atomic E-state index is 12.7. The van der Waals surface area contributed by atoms with Crippen molar-refractivity contribution in [3.05, 3.63) is 54.7 Å². The van der Waals surface area contributed by atoms with E-state index in [2.05, 4.69) is 30.3 Å². The van der Waals surface area contributed by atoms with Crippen molar-refractivity contribution in [1.29, 1.82) is 0 Å². The van der Waals surface area contributed by atoms with E-state index in [1.807, 2.05) is 19.9 Å². The van der Waals surface area contributed by atoms with Crippen LogP contribution in [0.4, 0.5) is 30.6 Å². The average molecular weight is 403 g/mol. The first-order valence-corrected chi connectivity index (χ1v) is 9.03. The first kappa shape index (κ1) is 20.4. The molecule has 1 aromatic carbocycles. The van der Waals surface area contributed by atoms with Gasteiger partial charge < -0.3 is 15.4 Å².